The Morgan fingerprint density at radius 1 is 1.24 bits per heavy atom. The predicted octanol–water partition coefficient (Wildman–Crippen LogP) is 2.82. The summed E-state index contributed by atoms with van der Waals surface area (Å²) in [6, 6.07) is 6.31. The molecule has 1 aliphatic rings. The van der Waals surface area contributed by atoms with Gasteiger partial charge in [0.05, 0.1) is 6.10 Å². The summed E-state index contributed by atoms with van der Waals surface area (Å²) in [6.45, 7) is 7.59. The average molecular weight is 291 g/mol. The fourth-order valence-corrected chi connectivity index (χ4v) is 3.45. The van der Waals surface area contributed by atoms with Crippen LogP contribution in [-0.2, 0) is 0 Å². The number of hydrogen-bond donors (Lipinski definition) is 2. The molecule has 3 heteroatoms. The average Bonchev–Trinajstić information content (AvgIpc) is 2.44. The summed E-state index contributed by atoms with van der Waals surface area (Å²) < 4.78 is 0. The Morgan fingerprint density at radius 3 is 2.62 bits per heavy atom. The molecule has 1 saturated heterocycles. The van der Waals surface area contributed by atoms with E-state index in [1.165, 1.54) is 24.0 Å². The first-order valence-corrected chi connectivity index (χ1v) is 8.18. The van der Waals surface area contributed by atoms with E-state index in [9.17, 15) is 5.11 Å². The van der Waals surface area contributed by atoms with Gasteiger partial charge in [-0.15, -0.1) is 0 Å². The van der Waals surface area contributed by atoms with E-state index in [4.69, 9.17) is 5.11 Å². The van der Waals surface area contributed by atoms with Crippen molar-refractivity contribution in [3.8, 4) is 0 Å². The highest BCUT2D eigenvalue weighted by molar-refractivity contribution is 5.29. The van der Waals surface area contributed by atoms with Crippen molar-refractivity contribution < 1.29 is 10.2 Å². The number of piperidine rings is 1. The molecular formula is C18H29NO2. The topological polar surface area (TPSA) is 43.7 Å². The Bertz CT molecular complexity index is 425. The van der Waals surface area contributed by atoms with E-state index in [0.717, 1.165) is 38.0 Å². The second kappa shape index (κ2) is 7.92. The van der Waals surface area contributed by atoms with Gasteiger partial charge >= 0.3 is 0 Å². The minimum absolute atomic E-state index is 0.295. The van der Waals surface area contributed by atoms with Crippen molar-refractivity contribution in [2.45, 2.75) is 45.6 Å². The summed E-state index contributed by atoms with van der Waals surface area (Å²) in [4.78, 5) is 2.44. The van der Waals surface area contributed by atoms with Gasteiger partial charge < -0.3 is 15.1 Å². The van der Waals surface area contributed by atoms with Crippen molar-refractivity contribution in [1.29, 1.82) is 0 Å². The van der Waals surface area contributed by atoms with E-state index in [0.29, 0.717) is 12.5 Å². The maximum Gasteiger partial charge on any atom is 0.0802 e. The molecule has 118 valence electrons. The van der Waals surface area contributed by atoms with Crippen molar-refractivity contribution in [3.63, 3.8) is 0 Å². The molecule has 0 aliphatic carbocycles. The van der Waals surface area contributed by atoms with Gasteiger partial charge in [-0.05, 0) is 57.6 Å². The summed E-state index contributed by atoms with van der Waals surface area (Å²) in [5.41, 5.74) is 3.46. The third kappa shape index (κ3) is 5.10. The molecule has 0 aromatic heterocycles. The Morgan fingerprint density at radius 2 is 1.95 bits per heavy atom. The molecule has 0 bridgehead atoms. The van der Waals surface area contributed by atoms with Crippen LogP contribution in [0, 0.1) is 19.8 Å². The molecule has 2 N–H and O–H groups in total. The van der Waals surface area contributed by atoms with Crippen LogP contribution in [0.1, 0.15) is 48.5 Å². The number of aliphatic hydroxyl groups is 2. The van der Waals surface area contributed by atoms with Crippen molar-refractivity contribution in [2.24, 2.45) is 5.92 Å². The van der Waals surface area contributed by atoms with Crippen molar-refractivity contribution in [2.75, 3.05) is 26.2 Å². The van der Waals surface area contributed by atoms with E-state index in [1.54, 1.807) is 0 Å². The number of rotatable bonds is 6. The molecule has 2 rings (SSSR count). The molecule has 21 heavy (non-hydrogen) atoms. The van der Waals surface area contributed by atoms with Gasteiger partial charge in [0, 0.05) is 19.7 Å². The van der Waals surface area contributed by atoms with Gasteiger partial charge in [0.1, 0.15) is 0 Å². The lowest BCUT2D eigenvalue weighted by atomic mass is 9.94. The minimum atomic E-state index is -0.373. The summed E-state index contributed by atoms with van der Waals surface area (Å²) >= 11 is 0. The molecular weight excluding hydrogens is 262 g/mol. The zero-order chi connectivity index (χ0) is 15.2. The largest absolute Gasteiger partial charge is 0.396 e. The maximum atomic E-state index is 10.4. The first kappa shape index (κ1) is 16.5. The van der Waals surface area contributed by atoms with E-state index in [1.807, 2.05) is 0 Å². The van der Waals surface area contributed by atoms with Gasteiger partial charge in [-0.2, -0.15) is 0 Å². The van der Waals surface area contributed by atoms with Crippen molar-refractivity contribution in [1.82, 2.24) is 4.90 Å². The number of benzene rings is 1. The van der Waals surface area contributed by atoms with Crippen LogP contribution in [0.3, 0.4) is 0 Å². The lowest BCUT2D eigenvalue weighted by Gasteiger charge is -2.33. The summed E-state index contributed by atoms with van der Waals surface area (Å²) in [6.07, 6.45) is 3.77. The Labute approximate surface area is 128 Å². The molecule has 1 heterocycles. The van der Waals surface area contributed by atoms with Crippen LogP contribution in [0.15, 0.2) is 18.2 Å². The molecule has 1 aromatic carbocycles. The maximum absolute atomic E-state index is 10.4. The number of aliphatic hydroxyl groups excluding tert-OH is 2. The number of aryl methyl sites for hydroxylation is 2. The van der Waals surface area contributed by atoms with Crippen molar-refractivity contribution in [3.05, 3.63) is 34.9 Å². The predicted molar refractivity (Wildman–Crippen MR) is 86.4 cm³/mol. The van der Waals surface area contributed by atoms with Gasteiger partial charge in [0.2, 0.25) is 0 Å². The highest BCUT2D eigenvalue weighted by Gasteiger charge is 2.20. The Balaban J connectivity index is 1.84. The second-order valence-electron chi connectivity index (χ2n) is 6.55. The van der Waals surface area contributed by atoms with Crippen LogP contribution in [0.25, 0.3) is 0 Å². The normalized spacial score (nSPS) is 21.4. The van der Waals surface area contributed by atoms with E-state index in [-0.39, 0.29) is 6.10 Å². The zero-order valence-electron chi connectivity index (χ0n) is 13.4. The van der Waals surface area contributed by atoms with Crippen LogP contribution in [0.2, 0.25) is 0 Å². The smallest absolute Gasteiger partial charge is 0.0802 e. The van der Waals surface area contributed by atoms with Crippen LogP contribution < -0.4 is 0 Å². The van der Waals surface area contributed by atoms with Gasteiger partial charge in [-0.1, -0.05) is 29.3 Å². The zero-order valence-corrected chi connectivity index (χ0v) is 13.4. The van der Waals surface area contributed by atoms with Gasteiger partial charge in [0.15, 0.2) is 0 Å². The first-order valence-electron chi connectivity index (χ1n) is 8.18. The molecule has 2 atom stereocenters. The molecule has 0 radical (unpaired) electrons. The Hall–Kier alpha value is -0.900. The minimum Gasteiger partial charge on any atom is -0.396 e. The van der Waals surface area contributed by atoms with Crippen LogP contribution in [-0.4, -0.2) is 41.4 Å². The fourth-order valence-electron chi connectivity index (χ4n) is 3.45. The lowest BCUT2D eigenvalue weighted by molar-refractivity contribution is 0.110. The molecule has 0 spiro atoms. The standard InChI is InChI=1S/C18H29NO2/c1-14-10-15(2)12-17(11-14)18(21)5-8-19-7-3-4-16(13-19)6-9-20/h10-12,16,18,20-21H,3-9,13H2,1-2H3. The van der Waals surface area contributed by atoms with Crippen LogP contribution >= 0.6 is 0 Å². The Kier molecular flexibility index (Phi) is 6.22. The first-order chi connectivity index (χ1) is 10.1. The fraction of sp³-hybridized carbons (Fsp3) is 0.667. The second-order valence-corrected chi connectivity index (χ2v) is 6.55. The molecule has 1 aromatic rings. The summed E-state index contributed by atoms with van der Waals surface area (Å²) in [5, 5.41) is 19.5. The number of nitrogens with zero attached hydrogens (tertiary/aromatic N) is 1. The number of likely N-dealkylation sites (tertiary alicyclic amines) is 1. The van der Waals surface area contributed by atoms with Gasteiger partial charge in [0.25, 0.3) is 0 Å². The molecule has 0 saturated carbocycles. The van der Waals surface area contributed by atoms with E-state index in [2.05, 4.69) is 36.9 Å². The van der Waals surface area contributed by atoms with Crippen LogP contribution in [0.4, 0.5) is 0 Å². The van der Waals surface area contributed by atoms with Crippen molar-refractivity contribution >= 4 is 0 Å². The number of hydrogen-bond acceptors (Lipinski definition) is 3. The van der Waals surface area contributed by atoms with Crippen LogP contribution in [0.5, 0.6) is 0 Å². The quantitative estimate of drug-likeness (QED) is 0.847. The summed E-state index contributed by atoms with van der Waals surface area (Å²) in [7, 11) is 0. The highest BCUT2D eigenvalue weighted by Crippen LogP contribution is 2.23. The molecule has 1 aliphatic heterocycles. The molecule has 2 unspecified atom stereocenters. The van der Waals surface area contributed by atoms with E-state index >= 15 is 0 Å². The third-order valence-corrected chi connectivity index (χ3v) is 4.49. The van der Waals surface area contributed by atoms with E-state index < -0.39 is 0 Å². The monoisotopic (exact) mass is 291 g/mol. The highest BCUT2D eigenvalue weighted by atomic mass is 16.3. The van der Waals surface area contributed by atoms with Gasteiger partial charge in [-0.3, -0.25) is 0 Å². The summed E-state index contributed by atoms with van der Waals surface area (Å²) in [5.74, 6) is 0.627. The molecule has 3 nitrogen and oxygen atoms in total. The molecule has 1 fully saturated rings. The third-order valence-electron chi connectivity index (χ3n) is 4.49. The lowest BCUT2D eigenvalue weighted by Crippen LogP contribution is -2.36. The van der Waals surface area contributed by atoms with Gasteiger partial charge in [-0.25, -0.2) is 0 Å². The molecule has 0 amide bonds. The SMILES string of the molecule is Cc1cc(C)cc(C(O)CCN2CCCC(CCO)C2)c1.